The van der Waals surface area contributed by atoms with E-state index in [2.05, 4.69) is 13.0 Å². The summed E-state index contributed by atoms with van der Waals surface area (Å²) >= 11 is 0. The maximum atomic E-state index is 9.86. The Bertz CT molecular complexity index is 398. The summed E-state index contributed by atoms with van der Waals surface area (Å²) in [6.45, 7) is 3.69. The minimum absolute atomic E-state index is 0.362. The summed E-state index contributed by atoms with van der Waals surface area (Å²) in [5.74, 6) is 0. The zero-order valence-corrected chi connectivity index (χ0v) is 11.7. The van der Waals surface area contributed by atoms with Crippen molar-refractivity contribution in [2.24, 2.45) is 0 Å². The van der Waals surface area contributed by atoms with Crippen molar-refractivity contribution in [3.63, 3.8) is 0 Å². The molecule has 19 heavy (non-hydrogen) atoms. The number of anilines is 1. The third-order valence-corrected chi connectivity index (χ3v) is 2.87. The third kappa shape index (κ3) is 5.73. The number of rotatable bonds is 8. The third-order valence-electron chi connectivity index (χ3n) is 2.87. The minimum atomic E-state index is -0.502. The van der Waals surface area contributed by atoms with Gasteiger partial charge in [-0.3, -0.25) is 0 Å². The van der Waals surface area contributed by atoms with E-state index < -0.39 is 6.10 Å². The molecular weight excluding hydrogens is 240 g/mol. The lowest BCUT2D eigenvalue weighted by Gasteiger charge is -2.22. The molecule has 0 heterocycles. The van der Waals surface area contributed by atoms with Crippen LogP contribution in [0.3, 0.4) is 0 Å². The van der Waals surface area contributed by atoms with Crippen LogP contribution in [0, 0.1) is 11.3 Å². The van der Waals surface area contributed by atoms with Crippen LogP contribution in [0.1, 0.15) is 25.3 Å². The number of aliphatic hydroxyl groups excluding tert-OH is 1. The van der Waals surface area contributed by atoms with Crippen LogP contribution in [0.2, 0.25) is 0 Å². The van der Waals surface area contributed by atoms with Crippen LogP contribution < -0.4 is 4.90 Å². The van der Waals surface area contributed by atoms with E-state index in [-0.39, 0.29) is 0 Å². The number of ether oxygens (including phenoxy) is 1. The lowest BCUT2D eigenvalue weighted by Crippen LogP contribution is -2.32. The van der Waals surface area contributed by atoms with E-state index in [0.29, 0.717) is 25.3 Å². The smallest absolute Gasteiger partial charge is 0.0991 e. The van der Waals surface area contributed by atoms with Crippen molar-refractivity contribution in [1.29, 1.82) is 5.26 Å². The summed E-state index contributed by atoms with van der Waals surface area (Å²) in [5.41, 5.74) is 1.62. The van der Waals surface area contributed by atoms with Crippen molar-refractivity contribution in [2.75, 3.05) is 31.7 Å². The molecule has 0 radical (unpaired) electrons. The maximum absolute atomic E-state index is 9.86. The van der Waals surface area contributed by atoms with Crippen LogP contribution >= 0.6 is 0 Å². The number of nitrogens with zero attached hydrogens (tertiary/aromatic N) is 2. The minimum Gasteiger partial charge on any atom is -0.389 e. The fraction of sp³-hybridized carbons (Fsp3) is 0.533. The Kier molecular flexibility index (Phi) is 6.94. The van der Waals surface area contributed by atoms with Gasteiger partial charge < -0.3 is 14.7 Å². The topological polar surface area (TPSA) is 56.5 Å². The van der Waals surface area contributed by atoms with Crippen LogP contribution in [0.15, 0.2) is 24.3 Å². The number of hydrogen-bond acceptors (Lipinski definition) is 4. The zero-order chi connectivity index (χ0) is 14.1. The van der Waals surface area contributed by atoms with Gasteiger partial charge in [0.05, 0.1) is 24.3 Å². The van der Waals surface area contributed by atoms with Gasteiger partial charge in [-0.15, -0.1) is 0 Å². The van der Waals surface area contributed by atoms with Gasteiger partial charge >= 0.3 is 0 Å². The summed E-state index contributed by atoms with van der Waals surface area (Å²) in [7, 11) is 1.91. The molecule has 1 atom stereocenters. The van der Waals surface area contributed by atoms with Gasteiger partial charge in [0.1, 0.15) is 0 Å². The van der Waals surface area contributed by atoms with Gasteiger partial charge in [-0.25, -0.2) is 0 Å². The first-order valence-electron chi connectivity index (χ1n) is 6.64. The fourth-order valence-corrected chi connectivity index (χ4v) is 1.73. The Hall–Kier alpha value is -1.57. The molecule has 1 aromatic carbocycles. The highest BCUT2D eigenvalue weighted by Crippen LogP contribution is 2.13. The molecule has 1 aromatic rings. The molecule has 0 spiro atoms. The van der Waals surface area contributed by atoms with Gasteiger partial charge in [-0.2, -0.15) is 5.26 Å². The fourth-order valence-electron chi connectivity index (χ4n) is 1.73. The quantitative estimate of drug-likeness (QED) is 0.729. The largest absolute Gasteiger partial charge is 0.389 e. The second-order valence-corrected chi connectivity index (χ2v) is 4.62. The second kappa shape index (κ2) is 8.52. The molecule has 0 fully saturated rings. The molecular formula is C15H22N2O2. The average molecular weight is 262 g/mol. The molecule has 104 valence electrons. The highest BCUT2D eigenvalue weighted by atomic mass is 16.5. The first-order valence-corrected chi connectivity index (χ1v) is 6.64. The van der Waals surface area contributed by atoms with E-state index in [9.17, 15) is 5.11 Å². The molecule has 0 bridgehead atoms. The van der Waals surface area contributed by atoms with Crippen molar-refractivity contribution < 1.29 is 9.84 Å². The second-order valence-electron chi connectivity index (χ2n) is 4.62. The van der Waals surface area contributed by atoms with Gasteiger partial charge in [0, 0.05) is 25.9 Å². The Labute approximate surface area is 115 Å². The Morgan fingerprint density at radius 3 is 2.63 bits per heavy atom. The molecule has 0 saturated carbocycles. The number of likely N-dealkylation sites (N-methyl/N-ethyl adjacent to an activating group) is 1. The van der Waals surface area contributed by atoms with Gasteiger partial charge in [-0.1, -0.05) is 13.3 Å². The predicted molar refractivity (Wildman–Crippen MR) is 76.2 cm³/mol. The van der Waals surface area contributed by atoms with Crippen molar-refractivity contribution in [3.8, 4) is 6.07 Å². The lowest BCUT2D eigenvalue weighted by molar-refractivity contribution is 0.0397. The van der Waals surface area contributed by atoms with Gasteiger partial charge in [0.15, 0.2) is 0 Å². The first kappa shape index (κ1) is 15.5. The van der Waals surface area contributed by atoms with Gasteiger partial charge in [0.25, 0.3) is 0 Å². The molecule has 4 nitrogen and oxygen atoms in total. The Morgan fingerprint density at radius 1 is 1.37 bits per heavy atom. The normalized spacial score (nSPS) is 11.9. The number of aliphatic hydroxyl groups is 1. The van der Waals surface area contributed by atoms with Crippen LogP contribution in [-0.2, 0) is 4.74 Å². The summed E-state index contributed by atoms with van der Waals surface area (Å²) in [6, 6.07) is 9.39. The van der Waals surface area contributed by atoms with E-state index in [1.54, 1.807) is 12.1 Å². The van der Waals surface area contributed by atoms with E-state index in [1.165, 1.54) is 0 Å². The molecule has 0 aliphatic heterocycles. The number of nitriles is 1. The lowest BCUT2D eigenvalue weighted by atomic mass is 10.2. The molecule has 0 saturated heterocycles. The van der Waals surface area contributed by atoms with Crippen LogP contribution in [0.4, 0.5) is 5.69 Å². The van der Waals surface area contributed by atoms with Crippen molar-refractivity contribution in [3.05, 3.63) is 29.8 Å². The van der Waals surface area contributed by atoms with Gasteiger partial charge in [-0.05, 0) is 30.7 Å². The summed E-state index contributed by atoms with van der Waals surface area (Å²) in [6.07, 6.45) is 1.62. The van der Waals surface area contributed by atoms with Crippen LogP contribution in [-0.4, -0.2) is 38.0 Å². The van der Waals surface area contributed by atoms with E-state index >= 15 is 0 Å². The van der Waals surface area contributed by atoms with Gasteiger partial charge in [0.2, 0.25) is 0 Å². The number of hydrogen-bond donors (Lipinski definition) is 1. The monoisotopic (exact) mass is 262 g/mol. The SMILES string of the molecule is CCCCOCC(O)CN(C)c1ccc(C#N)cc1. The average Bonchev–Trinajstić information content (AvgIpc) is 2.43. The summed E-state index contributed by atoms with van der Waals surface area (Å²) < 4.78 is 5.39. The molecule has 4 heteroatoms. The predicted octanol–water partition coefficient (Wildman–Crippen LogP) is 2.17. The van der Waals surface area contributed by atoms with Crippen molar-refractivity contribution in [1.82, 2.24) is 0 Å². The zero-order valence-electron chi connectivity index (χ0n) is 11.7. The van der Waals surface area contributed by atoms with Crippen molar-refractivity contribution >= 4 is 5.69 Å². The van der Waals surface area contributed by atoms with E-state index in [4.69, 9.17) is 10.00 Å². The van der Waals surface area contributed by atoms with Crippen LogP contribution in [0.5, 0.6) is 0 Å². The molecule has 0 aliphatic carbocycles. The summed E-state index contributed by atoms with van der Waals surface area (Å²) in [4.78, 5) is 1.95. The Balaban J connectivity index is 2.36. The van der Waals surface area contributed by atoms with E-state index in [0.717, 1.165) is 18.5 Å². The molecule has 0 amide bonds. The molecule has 1 N–H and O–H groups in total. The van der Waals surface area contributed by atoms with Crippen molar-refractivity contribution in [2.45, 2.75) is 25.9 Å². The van der Waals surface area contributed by atoms with E-state index in [1.807, 2.05) is 24.1 Å². The summed E-state index contributed by atoms with van der Waals surface area (Å²) in [5, 5.41) is 18.6. The molecule has 0 aliphatic rings. The van der Waals surface area contributed by atoms with Crippen LogP contribution in [0.25, 0.3) is 0 Å². The molecule has 0 aromatic heterocycles. The highest BCUT2D eigenvalue weighted by Gasteiger charge is 2.09. The molecule has 1 rings (SSSR count). The number of benzene rings is 1. The molecule has 1 unspecified atom stereocenters. The Morgan fingerprint density at radius 2 is 2.05 bits per heavy atom. The first-order chi connectivity index (χ1) is 9.17. The number of unbranched alkanes of at least 4 members (excludes halogenated alkanes) is 1. The standard InChI is InChI=1S/C15H22N2O2/c1-3-4-9-19-12-15(18)11-17(2)14-7-5-13(10-16)6-8-14/h5-8,15,18H,3-4,9,11-12H2,1-2H3. The maximum Gasteiger partial charge on any atom is 0.0991 e. The highest BCUT2D eigenvalue weighted by molar-refractivity contribution is 5.49.